The highest BCUT2D eigenvalue weighted by atomic mass is 15.1. The second-order valence-corrected chi connectivity index (χ2v) is 5.71. The summed E-state index contributed by atoms with van der Waals surface area (Å²) in [7, 11) is 0. The van der Waals surface area contributed by atoms with Gasteiger partial charge in [0.1, 0.15) is 5.82 Å². The normalized spacial score (nSPS) is 27.1. The summed E-state index contributed by atoms with van der Waals surface area (Å²) in [5.74, 6) is 3.46. The molecule has 2 aromatic rings. The fourth-order valence-corrected chi connectivity index (χ4v) is 3.39. The Kier molecular flexibility index (Phi) is 2.62. The number of rotatable bonds is 3. The lowest BCUT2D eigenvalue weighted by Crippen LogP contribution is -2.43. The number of aromatic nitrogens is 3. The molecule has 2 aliphatic rings. The quantitative estimate of drug-likeness (QED) is 0.869. The van der Waals surface area contributed by atoms with Gasteiger partial charge in [0.05, 0.1) is 5.69 Å². The van der Waals surface area contributed by atoms with E-state index in [1.807, 2.05) is 36.1 Å². The summed E-state index contributed by atoms with van der Waals surface area (Å²) in [5.41, 5.74) is 1.09. The number of pyridine rings is 1. The minimum atomic E-state index is 0.547. The fourth-order valence-electron chi connectivity index (χ4n) is 3.39. The lowest BCUT2D eigenvalue weighted by molar-refractivity contribution is 0.218. The summed E-state index contributed by atoms with van der Waals surface area (Å²) in [4.78, 5) is 8.81. The van der Waals surface area contributed by atoms with Crippen molar-refractivity contribution in [3.05, 3.63) is 48.7 Å². The molecule has 0 spiro atoms. The van der Waals surface area contributed by atoms with Crippen molar-refractivity contribution >= 4 is 5.69 Å². The summed E-state index contributed by atoms with van der Waals surface area (Å²) < 4.78 is 2.03. The van der Waals surface area contributed by atoms with Crippen LogP contribution in [-0.4, -0.2) is 20.6 Å². The standard InChI is InChI=1S/C16H18N4/c1-11-17-8-9-20(11)16-14(6-3-7-18-16)19-15-10-12-4-2-5-13(12)15/h2-3,5-9,12-13,15,19H,4,10H2,1H3. The Hall–Kier alpha value is -2.10. The molecular formula is C16H18N4. The van der Waals surface area contributed by atoms with E-state index >= 15 is 0 Å². The number of hydrogen-bond donors (Lipinski definition) is 1. The molecule has 2 aromatic heterocycles. The van der Waals surface area contributed by atoms with Crippen LogP contribution in [0.2, 0.25) is 0 Å². The highest BCUT2D eigenvalue weighted by Crippen LogP contribution is 2.44. The number of nitrogens with zero attached hydrogens (tertiary/aromatic N) is 3. The topological polar surface area (TPSA) is 42.7 Å². The molecule has 0 radical (unpaired) electrons. The van der Waals surface area contributed by atoms with Crippen LogP contribution in [0.1, 0.15) is 18.7 Å². The third-order valence-corrected chi connectivity index (χ3v) is 4.54. The Balaban J connectivity index is 1.62. The minimum absolute atomic E-state index is 0.547. The van der Waals surface area contributed by atoms with Crippen molar-refractivity contribution < 1.29 is 0 Å². The molecule has 1 fully saturated rings. The summed E-state index contributed by atoms with van der Waals surface area (Å²) in [5, 5.41) is 3.67. The monoisotopic (exact) mass is 266 g/mol. The van der Waals surface area contributed by atoms with Gasteiger partial charge >= 0.3 is 0 Å². The number of hydrogen-bond acceptors (Lipinski definition) is 3. The van der Waals surface area contributed by atoms with Crippen molar-refractivity contribution in [3.63, 3.8) is 0 Å². The van der Waals surface area contributed by atoms with E-state index in [2.05, 4.69) is 33.5 Å². The molecule has 102 valence electrons. The molecule has 0 aliphatic heterocycles. The van der Waals surface area contributed by atoms with Gasteiger partial charge in [0, 0.05) is 30.6 Å². The van der Waals surface area contributed by atoms with E-state index in [-0.39, 0.29) is 0 Å². The zero-order valence-electron chi connectivity index (χ0n) is 11.5. The first-order chi connectivity index (χ1) is 9.83. The van der Waals surface area contributed by atoms with Gasteiger partial charge in [-0.3, -0.25) is 4.57 Å². The average molecular weight is 266 g/mol. The van der Waals surface area contributed by atoms with Crippen molar-refractivity contribution in [3.8, 4) is 5.82 Å². The van der Waals surface area contributed by atoms with E-state index in [0.29, 0.717) is 12.0 Å². The van der Waals surface area contributed by atoms with Gasteiger partial charge in [0.25, 0.3) is 0 Å². The third kappa shape index (κ3) is 1.75. The third-order valence-electron chi connectivity index (χ3n) is 4.54. The molecule has 4 rings (SSSR count). The van der Waals surface area contributed by atoms with Gasteiger partial charge in [-0.05, 0) is 37.8 Å². The van der Waals surface area contributed by atoms with Crippen LogP contribution in [0.3, 0.4) is 0 Å². The van der Waals surface area contributed by atoms with Crippen molar-refractivity contribution in [2.75, 3.05) is 5.32 Å². The number of allylic oxidation sites excluding steroid dienone is 1. The van der Waals surface area contributed by atoms with E-state index in [0.717, 1.165) is 23.2 Å². The summed E-state index contributed by atoms with van der Waals surface area (Å²) >= 11 is 0. The molecular weight excluding hydrogens is 248 g/mol. The first kappa shape index (κ1) is 11.7. The van der Waals surface area contributed by atoms with Crippen LogP contribution >= 0.6 is 0 Å². The zero-order valence-corrected chi connectivity index (χ0v) is 11.5. The van der Waals surface area contributed by atoms with Crippen LogP contribution in [0.25, 0.3) is 5.82 Å². The SMILES string of the molecule is Cc1nccn1-c1ncccc1NC1CC2CC=CC21. The van der Waals surface area contributed by atoms with Crippen molar-refractivity contribution in [2.45, 2.75) is 25.8 Å². The molecule has 0 aromatic carbocycles. The molecule has 1 N–H and O–H groups in total. The molecule has 1 saturated carbocycles. The van der Waals surface area contributed by atoms with Gasteiger partial charge in [-0.2, -0.15) is 0 Å². The van der Waals surface area contributed by atoms with Crippen LogP contribution in [0, 0.1) is 18.8 Å². The first-order valence-electron chi connectivity index (χ1n) is 7.21. The summed E-state index contributed by atoms with van der Waals surface area (Å²) in [6.07, 6.45) is 12.8. The Bertz CT molecular complexity index is 658. The molecule has 4 heteroatoms. The number of fused-ring (bicyclic) bond motifs is 1. The van der Waals surface area contributed by atoms with Crippen molar-refractivity contribution in [1.82, 2.24) is 14.5 Å². The number of nitrogens with one attached hydrogen (secondary N) is 1. The maximum atomic E-state index is 4.52. The Morgan fingerprint density at radius 3 is 3.05 bits per heavy atom. The minimum Gasteiger partial charge on any atom is -0.379 e. The van der Waals surface area contributed by atoms with Crippen molar-refractivity contribution in [2.24, 2.45) is 11.8 Å². The molecule has 4 nitrogen and oxygen atoms in total. The Morgan fingerprint density at radius 1 is 1.30 bits per heavy atom. The molecule has 0 bridgehead atoms. The molecule has 3 unspecified atom stereocenters. The van der Waals surface area contributed by atoms with Gasteiger partial charge in [-0.1, -0.05) is 12.2 Å². The van der Waals surface area contributed by atoms with Gasteiger partial charge < -0.3 is 5.32 Å². The van der Waals surface area contributed by atoms with Crippen LogP contribution in [0.4, 0.5) is 5.69 Å². The molecule has 0 amide bonds. The van der Waals surface area contributed by atoms with Crippen LogP contribution < -0.4 is 5.32 Å². The number of imidazole rings is 1. The van der Waals surface area contributed by atoms with E-state index in [1.165, 1.54) is 12.8 Å². The average Bonchev–Trinajstić information content (AvgIpc) is 3.03. The van der Waals surface area contributed by atoms with E-state index < -0.39 is 0 Å². The smallest absolute Gasteiger partial charge is 0.161 e. The predicted molar refractivity (Wildman–Crippen MR) is 78.9 cm³/mol. The van der Waals surface area contributed by atoms with Crippen LogP contribution in [0.15, 0.2) is 42.9 Å². The zero-order chi connectivity index (χ0) is 13.5. The molecule has 20 heavy (non-hydrogen) atoms. The number of aryl methyl sites for hydroxylation is 1. The van der Waals surface area contributed by atoms with Gasteiger partial charge in [0.15, 0.2) is 5.82 Å². The predicted octanol–water partition coefficient (Wildman–Crippen LogP) is 2.95. The maximum Gasteiger partial charge on any atom is 0.161 e. The van der Waals surface area contributed by atoms with E-state index in [4.69, 9.17) is 0 Å². The lowest BCUT2D eigenvalue weighted by atomic mass is 9.71. The highest BCUT2D eigenvalue weighted by molar-refractivity contribution is 5.58. The number of anilines is 1. The first-order valence-corrected chi connectivity index (χ1v) is 7.21. The Labute approximate surface area is 118 Å². The van der Waals surface area contributed by atoms with Crippen molar-refractivity contribution in [1.29, 1.82) is 0 Å². The van der Waals surface area contributed by atoms with Gasteiger partial charge in [-0.25, -0.2) is 9.97 Å². The fraction of sp³-hybridized carbons (Fsp3) is 0.375. The molecule has 2 aliphatic carbocycles. The second kappa shape index (κ2) is 4.47. The van der Waals surface area contributed by atoms with Crippen LogP contribution in [-0.2, 0) is 0 Å². The largest absolute Gasteiger partial charge is 0.379 e. The van der Waals surface area contributed by atoms with Crippen LogP contribution in [0.5, 0.6) is 0 Å². The summed E-state index contributed by atoms with van der Waals surface area (Å²) in [6.45, 7) is 2.00. The molecule has 3 atom stereocenters. The van der Waals surface area contributed by atoms with E-state index in [1.54, 1.807) is 0 Å². The maximum absolute atomic E-state index is 4.52. The Morgan fingerprint density at radius 2 is 2.25 bits per heavy atom. The highest BCUT2D eigenvalue weighted by Gasteiger charge is 2.41. The lowest BCUT2D eigenvalue weighted by Gasteiger charge is -2.41. The second-order valence-electron chi connectivity index (χ2n) is 5.71. The van der Waals surface area contributed by atoms with E-state index in [9.17, 15) is 0 Å². The molecule has 0 saturated heterocycles. The van der Waals surface area contributed by atoms with Gasteiger partial charge in [0.2, 0.25) is 0 Å². The molecule has 2 heterocycles. The summed E-state index contributed by atoms with van der Waals surface area (Å²) in [6, 6.07) is 4.64. The van der Waals surface area contributed by atoms with Gasteiger partial charge in [-0.15, -0.1) is 0 Å².